The zero-order valence-corrected chi connectivity index (χ0v) is 25.5. The van der Waals surface area contributed by atoms with Gasteiger partial charge in [-0.15, -0.1) is 0 Å². The minimum Gasteiger partial charge on any atom is -0.394 e. The Bertz CT molecular complexity index is 616. The molecule has 0 spiro atoms. The predicted molar refractivity (Wildman–Crippen MR) is 167 cm³/mol. The number of nitrogens with one attached hydrogen (secondary N) is 1. The van der Waals surface area contributed by atoms with Crippen LogP contribution >= 0.6 is 0 Å². The Morgan fingerprint density at radius 2 is 1.15 bits per heavy atom. The van der Waals surface area contributed by atoms with Crippen molar-refractivity contribution in [2.45, 2.75) is 167 Å². The first kappa shape index (κ1) is 37.6. The van der Waals surface area contributed by atoms with E-state index in [9.17, 15) is 20.1 Å². The van der Waals surface area contributed by atoms with Crippen LogP contribution in [-0.4, -0.2) is 46.1 Å². The maximum Gasteiger partial charge on any atom is 0.222 e. The standard InChI is InChI=1S/C34H63NO4/c1-3-5-7-9-11-13-15-16-18-20-22-24-26-28-33(38)32(30-36)35-34(39)29-31(37)27-25-23-21-19-17-14-12-10-8-6-4-2/h15-16,18,20,26,28,31-33,36-38H,3-14,17,19,21-25,27,29-30H2,1-2H3,(H,35,39)/b16-15+,20-18+,28-26+/t31-,32-,33+/m0/s1. The summed E-state index contributed by atoms with van der Waals surface area (Å²) in [5.74, 6) is -0.336. The summed E-state index contributed by atoms with van der Waals surface area (Å²) in [5.41, 5.74) is 0. The van der Waals surface area contributed by atoms with E-state index in [0.717, 1.165) is 32.1 Å². The van der Waals surface area contributed by atoms with Gasteiger partial charge in [0.1, 0.15) is 0 Å². The van der Waals surface area contributed by atoms with E-state index >= 15 is 0 Å². The van der Waals surface area contributed by atoms with Crippen LogP contribution in [0.5, 0.6) is 0 Å². The summed E-state index contributed by atoms with van der Waals surface area (Å²) < 4.78 is 0. The van der Waals surface area contributed by atoms with Gasteiger partial charge in [0.25, 0.3) is 0 Å². The Morgan fingerprint density at radius 3 is 1.72 bits per heavy atom. The first-order valence-electron chi connectivity index (χ1n) is 16.3. The maximum absolute atomic E-state index is 12.3. The molecular weight excluding hydrogens is 486 g/mol. The van der Waals surface area contributed by atoms with Gasteiger partial charge in [-0.2, -0.15) is 0 Å². The summed E-state index contributed by atoms with van der Waals surface area (Å²) in [6, 6.07) is -0.765. The molecule has 0 aromatic heterocycles. The van der Waals surface area contributed by atoms with Crippen LogP contribution in [0.3, 0.4) is 0 Å². The van der Waals surface area contributed by atoms with E-state index in [1.807, 2.05) is 6.08 Å². The molecular formula is C34H63NO4. The van der Waals surface area contributed by atoms with Crippen molar-refractivity contribution in [1.29, 1.82) is 0 Å². The molecule has 228 valence electrons. The van der Waals surface area contributed by atoms with Crippen molar-refractivity contribution in [3.8, 4) is 0 Å². The molecule has 0 aliphatic heterocycles. The number of carbonyl (C=O) groups excluding carboxylic acids is 1. The Labute approximate surface area is 241 Å². The lowest BCUT2D eigenvalue weighted by molar-refractivity contribution is -0.124. The highest BCUT2D eigenvalue weighted by Gasteiger charge is 2.20. The van der Waals surface area contributed by atoms with Gasteiger partial charge in [0.15, 0.2) is 0 Å². The fourth-order valence-electron chi connectivity index (χ4n) is 4.64. The summed E-state index contributed by atoms with van der Waals surface area (Å²) in [5, 5.41) is 32.8. The van der Waals surface area contributed by atoms with E-state index in [0.29, 0.717) is 6.42 Å². The molecule has 3 atom stereocenters. The molecule has 0 aliphatic carbocycles. The SMILES string of the molecule is CCCCCCC/C=C/C=C/CC/C=C/[C@@H](O)[C@H](CO)NC(=O)C[C@@H](O)CCCCCCCCCCCCC. The van der Waals surface area contributed by atoms with E-state index in [-0.39, 0.29) is 18.9 Å². The molecule has 39 heavy (non-hydrogen) atoms. The monoisotopic (exact) mass is 549 g/mol. The van der Waals surface area contributed by atoms with Crippen LogP contribution in [0.1, 0.15) is 149 Å². The number of unbranched alkanes of at least 4 members (excludes halogenated alkanes) is 16. The number of rotatable bonds is 28. The molecule has 0 aromatic carbocycles. The van der Waals surface area contributed by atoms with E-state index < -0.39 is 18.2 Å². The van der Waals surface area contributed by atoms with Crippen molar-refractivity contribution >= 4 is 5.91 Å². The van der Waals surface area contributed by atoms with Gasteiger partial charge in [-0.05, 0) is 32.1 Å². The molecule has 0 aromatic rings. The highest BCUT2D eigenvalue weighted by atomic mass is 16.3. The first-order valence-corrected chi connectivity index (χ1v) is 16.3. The zero-order chi connectivity index (χ0) is 28.8. The van der Waals surface area contributed by atoms with E-state index in [1.54, 1.807) is 6.08 Å². The number of amides is 1. The van der Waals surface area contributed by atoms with Gasteiger partial charge in [-0.25, -0.2) is 0 Å². The quantitative estimate of drug-likeness (QED) is 0.0451. The van der Waals surface area contributed by atoms with Crippen LogP contribution in [0.4, 0.5) is 0 Å². The molecule has 0 aliphatic rings. The largest absolute Gasteiger partial charge is 0.394 e. The van der Waals surface area contributed by atoms with Gasteiger partial charge >= 0.3 is 0 Å². The van der Waals surface area contributed by atoms with Crippen LogP contribution < -0.4 is 5.32 Å². The third kappa shape index (κ3) is 26.6. The predicted octanol–water partition coefficient (Wildman–Crippen LogP) is 8.09. The minimum atomic E-state index is -0.959. The molecule has 0 heterocycles. The number of carbonyl (C=O) groups is 1. The van der Waals surface area contributed by atoms with Gasteiger partial charge in [0.05, 0.1) is 31.3 Å². The molecule has 0 radical (unpaired) electrons. The second-order valence-electron chi connectivity index (χ2n) is 11.1. The summed E-state index contributed by atoms with van der Waals surface area (Å²) in [7, 11) is 0. The molecule has 1 amide bonds. The Hall–Kier alpha value is -1.43. The fraction of sp³-hybridized carbons (Fsp3) is 0.794. The van der Waals surface area contributed by atoms with Crippen molar-refractivity contribution in [3.05, 3.63) is 36.5 Å². The third-order valence-corrected chi connectivity index (χ3v) is 7.21. The maximum atomic E-state index is 12.3. The van der Waals surface area contributed by atoms with Crippen LogP contribution in [0.15, 0.2) is 36.5 Å². The fourth-order valence-corrected chi connectivity index (χ4v) is 4.64. The Morgan fingerprint density at radius 1 is 0.667 bits per heavy atom. The van der Waals surface area contributed by atoms with Crippen LogP contribution in [-0.2, 0) is 4.79 Å². The minimum absolute atomic E-state index is 0.00173. The Balaban J connectivity index is 3.90. The topological polar surface area (TPSA) is 89.8 Å². The number of aliphatic hydroxyl groups is 3. The van der Waals surface area contributed by atoms with Gasteiger partial charge in [-0.3, -0.25) is 4.79 Å². The van der Waals surface area contributed by atoms with Crippen LogP contribution in [0.2, 0.25) is 0 Å². The van der Waals surface area contributed by atoms with Crippen LogP contribution in [0.25, 0.3) is 0 Å². The van der Waals surface area contributed by atoms with Crippen molar-refractivity contribution in [1.82, 2.24) is 5.32 Å². The van der Waals surface area contributed by atoms with Crippen molar-refractivity contribution in [2.75, 3.05) is 6.61 Å². The number of hydrogen-bond acceptors (Lipinski definition) is 4. The molecule has 5 heteroatoms. The molecule has 0 fully saturated rings. The molecule has 5 nitrogen and oxygen atoms in total. The summed E-state index contributed by atoms with van der Waals surface area (Å²) in [6.07, 6.45) is 34.0. The lowest BCUT2D eigenvalue weighted by atomic mass is 10.0. The summed E-state index contributed by atoms with van der Waals surface area (Å²) in [6.45, 7) is 4.13. The molecule has 0 saturated heterocycles. The van der Waals surface area contributed by atoms with Crippen molar-refractivity contribution in [2.24, 2.45) is 0 Å². The lowest BCUT2D eigenvalue weighted by Gasteiger charge is -2.20. The lowest BCUT2D eigenvalue weighted by Crippen LogP contribution is -2.45. The Kier molecular flexibility index (Phi) is 28.5. The first-order chi connectivity index (χ1) is 19.0. The number of hydrogen-bond donors (Lipinski definition) is 4. The van der Waals surface area contributed by atoms with E-state index in [4.69, 9.17) is 0 Å². The summed E-state index contributed by atoms with van der Waals surface area (Å²) in [4.78, 5) is 12.3. The number of allylic oxidation sites excluding steroid dienone is 5. The zero-order valence-electron chi connectivity index (χ0n) is 25.5. The normalized spacial score (nSPS) is 14.5. The molecule has 0 rings (SSSR count). The molecule has 4 N–H and O–H groups in total. The average molecular weight is 550 g/mol. The smallest absolute Gasteiger partial charge is 0.222 e. The van der Waals surface area contributed by atoms with Gasteiger partial charge in [0, 0.05) is 0 Å². The van der Waals surface area contributed by atoms with Gasteiger partial charge in [-0.1, -0.05) is 147 Å². The highest BCUT2D eigenvalue weighted by molar-refractivity contribution is 5.76. The van der Waals surface area contributed by atoms with Crippen molar-refractivity contribution in [3.63, 3.8) is 0 Å². The highest BCUT2D eigenvalue weighted by Crippen LogP contribution is 2.13. The van der Waals surface area contributed by atoms with Gasteiger partial charge in [0.2, 0.25) is 5.91 Å². The van der Waals surface area contributed by atoms with E-state index in [1.165, 1.54) is 89.9 Å². The summed E-state index contributed by atoms with van der Waals surface area (Å²) >= 11 is 0. The molecule has 0 bridgehead atoms. The van der Waals surface area contributed by atoms with Crippen molar-refractivity contribution < 1.29 is 20.1 Å². The van der Waals surface area contributed by atoms with Gasteiger partial charge < -0.3 is 20.6 Å². The second kappa shape index (κ2) is 29.6. The number of aliphatic hydroxyl groups excluding tert-OH is 3. The molecule has 0 unspecified atom stereocenters. The van der Waals surface area contributed by atoms with E-state index in [2.05, 4.69) is 43.5 Å². The molecule has 0 saturated carbocycles. The van der Waals surface area contributed by atoms with Crippen LogP contribution in [0, 0.1) is 0 Å². The third-order valence-electron chi connectivity index (χ3n) is 7.21. The second-order valence-corrected chi connectivity index (χ2v) is 11.1. The average Bonchev–Trinajstić information content (AvgIpc) is 2.92.